The molecule has 0 radical (unpaired) electrons. The van der Waals surface area contributed by atoms with Crippen LogP contribution in [-0.2, 0) is 0 Å². The first-order valence-electron chi connectivity index (χ1n) is 6.91. The Balaban J connectivity index is 2.37. The third-order valence-electron chi connectivity index (χ3n) is 3.40. The maximum absolute atomic E-state index is 9.84. The van der Waals surface area contributed by atoms with Gasteiger partial charge >= 0.3 is 0 Å². The molecule has 0 heterocycles. The zero-order valence-electron chi connectivity index (χ0n) is 12.5. The summed E-state index contributed by atoms with van der Waals surface area (Å²) in [7, 11) is 0. The number of aliphatic imine (C=N–C) groups is 1. The molecular weight excluding hydrogens is 246 g/mol. The van der Waals surface area contributed by atoms with Crippen LogP contribution < -0.4 is 0 Å². The van der Waals surface area contributed by atoms with Crippen molar-refractivity contribution in [3.8, 4) is 5.75 Å². The third-order valence-corrected chi connectivity index (χ3v) is 3.40. The van der Waals surface area contributed by atoms with Crippen molar-refractivity contribution in [3.63, 3.8) is 0 Å². The molecular formula is C18H21NO. The van der Waals surface area contributed by atoms with Crippen LogP contribution in [0.4, 0.5) is 5.69 Å². The van der Waals surface area contributed by atoms with Gasteiger partial charge in [0.15, 0.2) is 0 Å². The predicted molar refractivity (Wildman–Crippen MR) is 85.4 cm³/mol. The number of benzene rings is 2. The second-order valence-corrected chi connectivity index (χ2v) is 5.52. The highest BCUT2D eigenvalue weighted by molar-refractivity contribution is 5.82. The van der Waals surface area contributed by atoms with E-state index in [1.54, 1.807) is 0 Å². The normalized spacial score (nSPS) is 11.4. The van der Waals surface area contributed by atoms with Gasteiger partial charge in [0.05, 0.1) is 5.69 Å². The number of nitrogens with zero attached hydrogens (tertiary/aromatic N) is 1. The summed E-state index contributed by atoms with van der Waals surface area (Å²) in [6, 6.07) is 12.0. The molecule has 0 bridgehead atoms. The first-order valence-corrected chi connectivity index (χ1v) is 6.91. The molecule has 0 aliphatic rings. The van der Waals surface area contributed by atoms with Crippen molar-refractivity contribution in [1.82, 2.24) is 0 Å². The second-order valence-electron chi connectivity index (χ2n) is 5.52. The number of aromatic hydroxyl groups is 1. The van der Waals surface area contributed by atoms with Crippen molar-refractivity contribution in [3.05, 3.63) is 58.7 Å². The Morgan fingerprint density at radius 1 is 1.05 bits per heavy atom. The van der Waals surface area contributed by atoms with E-state index in [0.717, 1.165) is 22.4 Å². The van der Waals surface area contributed by atoms with Crippen molar-refractivity contribution in [2.24, 2.45) is 4.99 Å². The maximum Gasteiger partial charge on any atom is 0.118 e. The topological polar surface area (TPSA) is 32.6 Å². The quantitative estimate of drug-likeness (QED) is 0.789. The van der Waals surface area contributed by atoms with E-state index in [9.17, 15) is 5.11 Å². The van der Waals surface area contributed by atoms with Crippen LogP contribution in [-0.4, -0.2) is 11.3 Å². The summed E-state index contributed by atoms with van der Waals surface area (Å²) in [6.45, 7) is 8.18. The minimum absolute atomic E-state index is 0.326. The standard InChI is InChI=1S/C18H21NO/c1-12(2)16-10-18(20)14(4)9-17(16)19-11-15-7-5-13(3)6-8-15/h5-12,20H,1-4H3. The first kappa shape index (κ1) is 14.3. The van der Waals surface area contributed by atoms with Crippen LogP contribution in [0.3, 0.4) is 0 Å². The molecule has 2 nitrogen and oxygen atoms in total. The van der Waals surface area contributed by atoms with Gasteiger partial charge in [-0.1, -0.05) is 43.7 Å². The van der Waals surface area contributed by atoms with Gasteiger partial charge in [0.25, 0.3) is 0 Å². The van der Waals surface area contributed by atoms with E-state index in [2.05, 4.69) is 50.0 Å². The Hall–Kier alpha value is -2.09. The predicted octanol–water partition coefficient (Wildman–Crippen LogP) is 4.88. The Kier molecular flexibility index (Phi) is 4.23. The van der Waals surface area contributed by atoms with Gasteiger partial charge < -0.3 is 5.11 Å². The summed E-state index contributed by atoms with van der Waals surface area (Å²) >= 11 is 0. The largest absolute Gasteiger partial charge is 0.508 e. The van der Waals surface area contributed by atoms with Crippen LogP contribution in [0, 0.1) is 13.8 Å². The molecule has 0 aliphatic carbocycles. The smallest absolute Gasteiger partial charge is 0.118 e. The van der Waals surface area contributed by atoms with Gasteiger partial charge in [0.1, 0.15) is 5.75 Å². The molecule has 1 N–H and O–H groups in total. The molecule has 2 aromatic carbocycles. The van der Waals surface area contributed by atoms with Crippen molar-refractivity contribution in [1.29, 1.82) is 0 Å². The van der Waals surface area contributed by atoms with Gasteiger partial charge in [0, 0.05) is 6.21 Å². The van der Waals surface area contributed by atoms with Gasteiger partial charge in [-0.25, -0.2) is 0 Å². The molecule has 0 saturated heterocycles. The van der Waals surface area contributed by atoms with E-state index in [0.29, 0.717) is 11.7 Å². The lowest BCUT2D eigenvalue weighted by atomic mass is 9.99. The minimum atomic E-state index is 0.326. The highest BCUT2D eigenvalue weighted by Gasteiger charge is 2.09. The number of hydrogen-bond donors (Lipinski definition) is 1. The summed E-state index contributed by atoms with van der Waals surface area (Å²) in [5.41, 5.74) is 5.17. The fraction of sp³-hybridized carbons (Fsp3) is 0.278. The lowest BCUT2D eigenvalue weighted by Gasteiger charge is -2.11. The zero-order chi connectivity index (χ0) is 14.7. The average Bonchev–Trinajstić information content (AvgIpc) is 2.41. The van der Waals surface area contributed by atoms with Crippen LogP contribution in [0.15, 0.2) is 41.4 Å². The molecule has 0 atom stereocenters. The number of phenols is 1. The maximum atomic E-state index is 9.84. The van der Waals surface area contributed by atoms with Gasteiger partial charge in [-0.15, -0.1) is 0 Å². The molecule has 2 heteroatoms. The summed E-state index contributed by atoms with van der Waals surface area (Å²) in [4.78, 5) is 4.59. The molecule has 0 saturated carbocycles. The number of phenolic OH excluding ortho intramolecular Hbond substituents is 1. The van der Waals surface area contributed by atoms with Crippen LogP contribution in [0.2, 0.25) is 0 Å². The van der Waals surface area contributed by atoms with E-state index in [-0.39, 0.29) is 0 Å². The molecule has 20 heavy (non-hydrogen) atoms. The Morgan fingerprint density at radius 2 is 1.70 bits per heavy atom. The molecule has 0 aromatic heterocycles. The molecule has 2 aromatic rings. The van der Waals surface area contributed by atoms with Crippen LogP contribution in [0.5, 0.6) is 5.75 Å². The number of aryl methyl sites for hydroxylation is 2. The van der Waals surface area contributed by atoms with Gasteiger partial charge in [-0.2, -0.15) is 0 Å². The van der Waals surface area contributed by atoms with E-state index >= 15 is 0 Å². The van der Waals surface area contributed by atoms with Crippen LogP contribution in [0.25, 0.3) is 0 Å². The first-order chi connectivity index (χ1) is 9.47. The van der Waals surface area contributed by atoms with Crippen LogP contribution in [0.1, 0.15) is 42.0 Å². The van der Waals surface area contributed by atoms with E-state index in [1.165, 1.54) is 5.56 Å². The van der Waals surface area contributed by atoms with Gasteiger partial charge in [0.2, 0.25) is 0 Å². The molecule has 0 unspecified atom stereocenters. The zero-order valence-corrected chi connectivity index (χ0v) is 12.5. The minimum Gasteiger partial charge on any atom is -0.508 e. The second kappa shape index (κ2) is 5.91. The third kappa shape index (κ3) is 3.27. The SMILES string of the molecule is Cc1ccc(C=Nc2cc(C)c(O)cc2C(C)C)cc1. The molecule has 0 amide bonds. The van der Waals surface area contributed by atoms with Crippen molar-refractivity contribution in [2.45, 2.75) is 33.6 Å². The summed E-state index contributed by atoms with van der Waals surface area (Å²) in [5.74, 6) is 0.662. The van der Waals surface area contributed by atoms with Crippen molar-refractivity contribution >= 4 is 11.9 Å². The highest BCUT2D eigenvalue weighted by Crippen LogP contribution is 2.32. The Labute approximate surface area is 120 Å². The molecule has 0 aliphatic heterocycles. The fourth-order valence-corrected chi connectivity index (χ4v) is 2.07. The molecule has 0 fully saturated rings. The Bertz CT molecular complexity index is 625. The lowest BCUT2D eigenvalue weighted by Crippen LogP contribution is -1.90. The van der Waals surface area contributed by atoms with Crippen LogP contribution >= 0.6 is 0 Å². The molecule has 2 rings (SSSR count). The monoisotopic (exact) mass is 267 g/mol. The fourth-order valence-electron chi connectivity index (χ4n) is 2.07. The summed E-state index contributed by atoms with van der Waals surface area (Å²) in [6.07, 6.45) is 1.87. The lowest BCUT2D eigenvalue weighted by molar-refractivity contribution is 0.470. The number of hydrogen-bond acceptors (Lipinski definition) is 2. The van der Waals surface area contributed by atoms with Crippen molar-refractivity contribution < 1.29 is 5.11 Å². The Morgan fingerprint density at radius 3 is 2.30 bits per heavy atom. The van der Waals surface area contributed by atoms with E-state index in [1.807, 2.05) is 25.3 Å². The average molecular weight is 267 g/mol. The highest BCUT2D eigenvalue weighted by atomic mass is 16.3. The molecule has 0 spiro atoms. The van der Waals surface area contributed by atoms with Gasteiger partial charge in [-0.3, -0.25) is 4.99 Å². The van der Waals surface area contributed by atoms with E-state index in [4.69, 9.17) is 0 Å². The van der Waals surface area contributed by atoms with E-state index < -0.39 is 0 Å². The summed E-state index contributed by atoms with van der Waals surface area (Å²) in [5, 5.41) is 9.84. The van der Waals surface area contributed by atoms with Gasteiger partial charge in [-0.05, 0) is 48.6 Å². The summed E-state index contributed by atoms with van der Waals surface area (Å²) < 4.78 is 0. The molecule has 104 valence electrons. The number of rotatable bonds is 3. The van der Waals surface area contributed by atoms with Crippen molar-refractivity contribution in [2.75, 3.05) is 0 Å².